The first-order chi connectivity index (χ1) is 16.6. The summed E-state index contributed by atoms with van der Waals surface area (Å²) in [5.74, 6) is -1.27. The van der Waals surface area contributed by atoms with Gasteiger partial charge < -0.3 is 15.2 Å². The van der Waals surface area contributed by atoms with Crippen molar-refractivity contribution in [2.24, 2.45) is 0 Å². The molecule has 0 fully saturated rings. The smallest absolute Gasteiger partial charge is 0.408 e. The third kappa shape index (κ3) is 4.13. The zero-order valence-corrected chi connectivity index (χ0v) is 18.2. The van der Waals surface area contributed by atoms with Crippen LogP contribution in [0, 0.1) is 0 Å². The Morgan fingerprint density at radius 2 is 1.50 bits per heavy atom. The van der Waals surface area contributed by atoms with Gasteiger partial charge in [-0.15, -0.1) is 0 Å². The average molecular weight is 450 g/mol. The molecule has 6 heteroatoms. The molecule has 0 radical (unpaired) electrons. The molecule has 168 valence electrons. The molecule has 5 rings (SSSR count). The standard InChI is InChI=1S/C28H22N2O4/c31-27(32)26(20-7-5-6-19(16-20)18-12-14-29-15-13-18)30-28(33)34-17-25-23-10-3-1-8-21(23)22-9-2-4-11-24(22)25/h1-16,25-26H,17H2,(H,30,33)(H,31,32). The number of carboxylic acid groups (broad SMARTS) is 1. The number of pyridine rings is 1. The summed E-state index contributed by atoms with van der Waals surface area (Å²) in [6, 6.07) is 25.6. The number of nitrogens with zero attached hydrogens (tertiary/aromatic N) is 1. The Morgan fingerprint density at radius 3 is 2.15 bits per heavy atom. The molecule has 0 saturated heterocycles. The minimum atomic E-state index is -1.24. The van der Waals surface area contributed by atoms with Crippen molar-refractivity contribution in [1.82, 2.24) is 10.3 Å². The van der Waals surface area contributed by atoms with Crippen molar-refractivity contribution in [3.05, 3.63) is 114 Å². The molecule has 1 unspecified atom stereocenters. The molecule has 0 spiro atoms. The molecule has 0 bridgehead atoms. The van der Waals surface area contributed by atoms with Crippen molar-refractivity contribution in [2.45, 2.75) is 12.0 Å². The predicted molar refractivity (Wildman–Crippen MR) is 128 cm³/mol. The molecule has 34 heavy (non-hydrogen) atoms. The van der Waals surface area contributed by atoms with E-state index in [4.69, 9.17) is 4.74 Å². The number of carboxylic acids is 1. The van der Waals surface area contributed by atoms with Crippen LogP contribution in [-0.4, -0.2) is 28.8 Å². The maximum Gasteiger partial charge on any atom is 0.408 e. The van der Waals surface area contributed by atoms with Gasteiger partial charge >= 0.3 is 12.1 Å². The van der Waals surface area contributed by atoms with Crippen molar-refractivity contribution in [2.75, 3.05) is 6.61 Å². The van der Waals surface area contributed by atoms with Crippen molar-refractivity contribution in [3.63, 3.8) is 0 Å². The van der Waals surface area contributed by atoms with Gasteiger partial charge in [-0.2, -0.15) is 0 Å². The van der Waals surface area contributed by atoms with Gasteiger partial charge in [0.25, 0.3) is 0 Å². The fourth-order valence-electron chi connectivity index (χ4n) is 4.49. The fourth-order valence-corrected chi connectivity index (χ4v) is 4.49. The van der Waals surface area contributed by atoms with E-state index < -0.39 is 18.1 Å². The molecule has 3 aromatic carbocycles. The first kappa shape index (κ1) is 21.4. The molecular formula is C28H22N2O4. The summed E-state index contributed by atoms with van der Waals surface area (Å²) in [4.78, 5) is 28.7. The van der Waals surface area contributed by atoms with E-state index >= 15 is 0 Å². The number of rotatable bonds is 6. The second kappa shape index (κ2) is 9.19. The van der Waals surface area contributed by atoms with Crippen LogP contribution in [0.25, 0.3) is 22.3 Å². The number of amides is 1. The van der Waals surface area contributed by atoms with Crippen molar-refractivity contribution < 1.29 is 19.4 Å². The highest BCUT2D eigenvalue weighted by Gasteiger charge is 2.30. The minimum Gasteiger partial charge on any atom is -0.479 e. The van der Waals surface area contributed by atoms with Crippen LogP contribution in [0.1, 0.15) is 28.7 Å². The third-order valence-electron chi connectivity index (χ3n) is 6.09. The quantitative estimate of drug-likeness (QED) is 0.410. The SMILES string of the molecule is O=C(NC(C(=O)O)c1cccc(-c2ccncc2)c1)OCC1c2ccccc2-c2ccccc21. The highest BCUT2D eigenvalue weighted by atomic mass is 16.5. The zero-order chi connectivity index (χ0) is 23.5. The van der Waals surface area contributed by atoms with Crippen LogP contribution >= 0.6 is 0 Å². The predicted octanol–water partition coefficient (Wildman–Crippen LogP) is 5.41. The topological polar surface area (TPSA) is 88.5 Å². The van der Waals surface area contributed by atoms with Gasteiger partial charge in [0.05, 0.1) is 0 Å². The van der Waals surface area contributed by atoms with Gasteiger partial charge in [0.15, 0.2) is 6.04 Å². The summed E-state index contributed by atoms with van der Waals surface area (Å²) >= 11 is 0. The molecule has 1 heterocycles. The average Bonchev–Trinajstić information content (AvgIpc) is 3.20. The fraction of sp³-hybridized carbons (Fsp3) is 0.107. The number of fused-ring (bicyclic) bond motifs is 3. The van der Waals surface area contributed by atoms with E-state index in [1.165, 1.54) is 0 Å². The zero-order valence-electron chi connectivity index (χ0n) is 18.2. The van der Waals surface area contributed by atoms with Crippen LogP contribution in [0.15, 0.2) is 97.3 Å². The highest BCUT2D eigenvalue weighted by molar-refractivity contribution is 5.82. The Kier molecular flexibility index (Phi) is 5.79. The number of hydrogen-bond acceptors (Lipinski definition) is 4. The van der Waals surface area contributed by atoms with E-state index in [0.29, 0.717) is 5.56 Å². The van der Waals surface area contributed by atoms with E-state index in [-0.39, 0.29) is 12.5 Å². The number of carbonyl (C=O) groups excluding carboxylic acids is 1. The van der Waals surface area contributed by atoms with Gasteiger partial charge in [-0.25, -0.2) is 9.59 Å². The molecule has 1 atom stereocenters. The van der Waals surface area contributed by atoms with Gasteiger partial charge in [-0.3, -0.25) is 4.98 Å². The lowest BCUT2D eigenvalue weighted by Crippen LogP contribution is -2.34. The molecule has 1 aliphatic rings. The normalized spacial score (nSPS) is 12.9. The third-order valence-corrected chi connectivity index (χ3v) is 6.09. The number of nitrogens with one attached hydrogen (secondary N) is 1. The van der Waals surface area contributed by atoms with Gasteiger partial charge in [0, 0.05) is 18.3 Å². The summed E-state index contributed by atoms with van der Waals surface area (Å²) < 4.78 is 5.54. The van der Waals surface area contributed by atoms with Crippen LogP contribution < -0.4 is 5.32 Å². The molecule has 2 N–H and O–H groups in total. The lowest BCUT2D eigenvalue weighted by molar-refractivity contribution is -0.139. The first-order valence-electron chi connectivity index (χ1n) is 11.0. The largest absolute Gasteiger partial charge is 0.479 e. The van der Waals surface area contributed by atoms with Crippen molar-refractivity contribution in [1.29, 1.82) is 0 Å². The molecule has 0 aliphatic heterocycles. The molecule has 1 aliphatic carbocycles. The highest BCUT2D eigenvalue weighted by Crippen LogP contribution is 2.44. The molecule has 1 amide bonds. The Labute approximate surface area is 196 Å². The molecule has 1 aromatic heterocycles. The second-order valence-electron chi connectivity index (χ2n) is 8.10. The van der Waals surface area contributed by atoms with Gasteiger partial charge in [0.1, 0.15) is 6.61 Å². The summed E-state index contributed by atoms with van der Waals surface area (Å²) in [5, 5.41) is 12.3. The molecule has 4 aromatic rings. The maximum atomic E-state index is 12.7. The van der Waals surface area contributed by atoms with E-state index in [2.05, 4.69) is 22.4 Å². The van der Waals surface area contributed by atoms with Crippen LogP contribution in [0.4, 0.5) is 4.79 Å². The Hall–Kier alpha value is -4.45. The van der Waals surface area contributed by atoms with Gasteiger partial charge in [0.2, 0.25) is 0 Å². The number of hydrogen-bond donors (Lipinski definition) is 2. The number of benzene rings is 3. The van der Waals surface area contributed by atoms with E-state index in [9.17, 15) is 14.7 Å². The lowest BCUT2D eigenvalue weighted by atomic mass is 9.98. The number of ether oxygens (including phenoxy) is 1. The Balaban J connectivity index is 1.32. The van der Waals surface area contributed by atoms with E-state index in [1.54, 1.807) is 30.6 Å². The van der Waals surface area contributed by atoms with E-state index in [1.807, 2.05) is 54.6 Å². The van der Waals surface area contributed by atoms with Gasteiger partial charge in [-0.05, 0) is 57.1 Å². The number of alkyl carbamates (subject to hydrolysis) is 1. The first-order valence-corrected chi connectivity index (χ1v) is 11.0. The Bertz CT molecular complexity index is 1310. The molecule has 0 saturated carbocycles. The summed E-state index contributed by atoms with van der Waals surface area (Å²) in [6.07, 6.45) is 2.57. The van der Waals surface area contributed by atoms with Crippen molar-refractivity contribution >= 4 is 12.1 Å². The van der Waals surface area contributed by atoms with E-state index in [0.717, 1.165) is 33.4 Å². The Morgan fingerprint density at radius 1 is 0.853 bits per heavy atom. The van der Waals surface area contributed by atoms with Gasteiger partial charge in [-0.1, -0.05) is 66.7 Å². The number of carbonyl (C=O) groups is 2. The van der Waals surface area contributed by atoms with Crippen molar-refractivity contribution in [3.8, 4) is 22.3 Å². The lowest BCUT2D eigenvalue weighted by Gasteiger charge is -2.18. The summed E-state index contributed by atoms with van der Waals surface area (Å²) in [5.41, 5.74) is 6.64. The minimum absolute atomic E-state index is 0.101. The summed E-state index contributed by atoms with van der Waals surface area (Å²) in [6.45, 7) is 0.114. The number of aliphatic carboxylic acids is 1. The van der Waals surface area contributed by atoms with Crippen LogP contribution in [0.3, 0.4) is 0 Å². The molecular weight excluding hydrogens is 428 g/mol. The number of aromatic nitrogens is 1. The summed E-state index contributed by atoms with van der Waals surface area (Å²) in [7, 11) is 0. The maximum absolute atomic E-state index is 12.7. The van der Waals surface area contributed by atoms with Crippen LogP contribution in [-0.2, 0) is 9.53 Å². The second-order valence-corrected chi connectivity index (χ2v) is 8.10. The van der Waals surface area contributed by atoms with Crippen LogP contribution in [0.2, 0.25) is 0 Å². The molecule has 6 nitrogen and oxygen atoms in total. The van der Waals surface area contributed by atoms with Crippen LogP contribution in [0.5, 0.6) is 0 Å². The monoisotopic (exact) mass is 450 g/mol.